The minimum atomic E-state index is -0.557. The van der Waals surface area contributed by atoms with Crippen molar-refractivity contribution < 1.29 is 9.53 Å². The van der Waals surface area contributed by atoms with Gasteiger partial charge in [-0.05, 0) is 32.6 Å². The molecule has 0 heterocycles. The van der Waals surface area contributed by atoms with Gasteiger partial charge in [-0.3, -0.25) is 4.79 Å². The number of alkyl halides is 1. The summed E-state index contributed by atoms with van der Waals surface area (Å²) >= 11 is 3.31. The fourth-order valence-electron chi connectivity index (χ4n) is 2.14. The van der Waals surface area contributed by atoms with Gasteiger partial charge in [0.2, 0.25) is 0 Å². The molecule has 78 valence electrons. The monoisotopic (exact) mass is 258 g/mol. The highest BCUT2D eigenvalue weighted by molar-refractivity contribution is 9.10. The number of halogens is 1. The Bertz CT molecular complexity index is 278. The van der Waals surface area contributed by atoms with Crippen LogP contribution in [0.3, 0.4) is 0 Å². The molecule has 0 N–H and O–H groups in total. The van der Waals surface area contributed by atoms with E-state index in [-0.39, 0.29) is 12.1 Å². The maximum Gasteiger partial charge on any atom is 0.322 e. The highest BCUT2D eigenvalue weighted by Crippen LogP contribution is 2.41. The lowest BCUT2D eigenvalue weighted by atomic mass is 10.0. The van der Waals surface area contributed by atoms with E-state index in [2.05, 4.69) is 28.1 Å². The Labute approximate surface area is 92.8 Å². The molecular weight excluding hydrogens is 244 g/mol. The molecule has 3 heteroatoms. The first-order chi connectivity index (χ1) is 6.47. The van der Waals surface area contributed by atoms with Crippen LogP contribution in [0.5, 0.6) is 0 Å². The van der Waals surface area contributed by atoms with E-state index < -0.39 is 4.32 Å². The third kappa shape index (κ3) is 1.88. The standard InChI is InChI=1S/C11H15BrO2/c1-11(2,12)10(13)14-9-6-7-3-4-8(9)5-7/h3-4,7-9H,5-6H2,1-2H3. The Morgan fingerprint density at radius 3 is 2.57 bits per heavy atom. The van der Waals surface area contributed by atoms with Gasteiger partial charge >= 0.3 is 5.97 Å². The molecule has 0 amide bonds. The average molecular weight is 259 g/mol. The molecule has 0 aromatic rings. The summed E-state index contributed by atoms with van der Waals surface area (Å²) in [5.41, 5.74) is 0. The molecule has 2 rings (SSSR count). The maximum atomic E-state index is 11.6. The van der Waals surface area contributed by atoms with Gasteiger partial charge in [0.1, 0.15) is 10.4 Å². The second kappa shape index (κ2) is 3.37. The van der Waals surface area contributed by atoms with Gasteiger partial charge in [0, 0.05) is 5.92 Å². The molecule has 1 fully saturated rings. The van der Waals surface area contributed by atoms with Crippen LogP contribution in [-0.2, 0) is 9.53 Å². The summed E-state index contributed by atoms with van der Waals surface area (Å²) in [6, 6.07) is 0. The normalized spacial score (nSPS) is 34.9. The number of carbonyl (C=O) groups is 1. The van der Waals surface area contributed by atoms with Crippen molar-refractivity contribution in [1.29, 1.82) is 0 Å². The van der Waals surface area contributed by atoms with Crippen molar-refractivity contribution in [3.63, 3.8) is 0 Å². The topological polar surface area (TPSA) is 26.3 Å². The molecule has 0 radical (unpaired) electrons. The number of esters is 1. The summed E-state index contributed by atoms with van der Waals surface area (Å²) in [6.07, 6.45) is 6.73. The quantitative estimate of drug-likeness (QED) is 0.433. The molecular formula is C11H15BrO2. The number of rotatable bonds is 2. The predicted molar refractivity (Wildman–Crippen MR) is 58.2 cm³/mol. The van der Waals surface area contributed by atoms with Crippen LogP contribution in [0, 0.1) is 11.8 Å². The van der Waals surface area contributed by atoms with Crippen LogP contribution in [0.15, 0.2) is 12.2 Å². The Morgan fingerprint density at radius 2 is 2.14 bits per heavy atom. The fraction of sp³-hybridized carbons (Fsp3) is 0.727. The largest absolute Gasteiger partial charge is 0.461 e. The zero-order chi connectivity index (χ0) is 10.3. The van der Waals surface area contributed by atoms with Crippen molar-refractivity contribution in [2.75, 3.05) is 0 Å². The summed E-state index contributed by atoms with van der Waals surface area (Å²) in [6.45, 7) is 3.64. The Kier molecular flexibility index (Phi) is 2.46. The van der Waals surface area contributed by atoms with Gasteiger partial charge in [-0.25, -0.2) is 0 Å². The number of hydrogen-bond acceptors (Lipinski definition) is 2. The van der Waals surface area contributed by atoms with Crippen LogP contribution in [0.25, 0.3) is 0 Å². The van der Waals surface area contributed by atoms with Crippen LogP contribution in [0.1, 0.15) is 26.7 Å². The number of fused-ring (bicyclic) bond motifs is 2. The molecule has 14 heavy (non-hydrogen) atoms. The number of ether oxygens (including phenoxy) is 1. The van der Waals surface area contributed by atoms with Crippen molar-refractivity contribution in [2.24, 2.45) is 11.8 Å². The molecule has 2 nitrogen and oxygen atoms in total. The average Bonchev–Trinajstić information content (AvgIpc) is 2.62. The minimum absolute atomic E-state index is 0.120. The molecule has 3 atom stereocenters. The summed E-state index contributed by atoms with van der Waals surface area (Å²) in [7, 11) is 0. The summed E-state index contributed by atoms with van der Waals surface area (Å²) < 4.78 is 4.92. The van der Waals surface area contributed by atoms with E-state index in [1.807, 2.05) is 13.8 Å². The van der Waals surface area contributed by atoms with E-state index in [1.165, 1.54) is 6.42 Å². The van der Waals surface area contributed by atoms with Crippen LogP contribution in [0.4, 0.5) is 0 Å². The summed E-state index contributed by atoms with van der Waals surface area (Å²) in [4.78, 5) is 11.6. The molecule has 2 aliphatic rings. The second-order valence-electron chi connectivity index (χ2n) is 4.70. The van der Waals surface area contributed by atoms with E-state index in [0.29, 0.717) is 11.8 Å². The fourth-order valence-corrected chi connectivity index (χ4v) is 2.24. The number of carbonyl (C=O) groups excluding carboxylic acids is 1. The van der Waals surface area contributed by atoms with Gasteiger partial charge in [-0.15, -0.1) is 0 Å². The van der Waals surface area contributed by atoms with Gasteiger partial charge in [-0.1, -0.05) is 28.1 Å². The molecule has 0 saturated heterocycles. The van der Waals surface area contributed by atoms with Gasteiger partial charge in [0.15, 0.2) is 0 Å². The molecule has 0 aliphatic heterocycles. The van der Waals surface area contributed by atoms with Gasteiger partial charge < -0.3 is 4.74 Å². The van der Waals surface area contributed by atoms with Crippen molar-refractivity contribution in [3.8, 4) is 0 Å². The zero-order valence-electron chi connectivity index (χ0n) is 8.50. The predicted octanol–water partition coefficient (Wildman–Crippen LogP) is 2.67. The third-order valence-corrected chi connectivity index (χ3v) is 3.29. The summed E-state index contributed by atoms with van der Waals surface area (Å²) in [5, 5.41) is 0. The van der Waals surface area contributed by atoms with E-state index in [4.69, 9.17) is 4.74 Å². The highest BCUT2D eigenvalue weighted by atomic mass is 79.9. The number of hydrogen-bond donors (Lipinski definition) is 0. The summed E-state index contributed by atoms with van der Waals surface area (Å²) in [5.74, 6) is 0.971. The molecule has 2 bridgehead atoms. The molecule has 3 unspecified atom stereocenters. The smallest absolute Gasteiger partial charge is 0.322 e. The lowest BCUT2D eigenvalue weighted by molar-refractivity contribution is -0.152. The zero-order valence-corrected chi connectivity index (χ0v) is 10.1. The first kappa shape index (κ1) is 10.2. The first-order valence-electron chi connectivity index (χ1n) is 5.05. The molecule has 0 spiro atoms. The van der Waals surface area contributed by atoms with Crippen LogP contribution in [0.2, 0.25) is 0 Å². The van der Waals surface area contributed by atoms with Crippen LogP contribution in [-0.4, -0.2) is 16.4 Å². The van der Waals surface area contributed by atoms with E-state index in [9.17, 15) is 4.79 Å². The van der Waals surface area contributed by atoms with Crippen molar-refractivity contribution in [1.82, 2.24) is 0 Å². The lowest BCUT2D eigenvalue weighted by Crippen LogP contribution is -2.32. The van der Waals surface area contributed by atoms with Crippen molar-refractivity contribution in [3.05, 3.63) is 12.2 Å². The van der Waals surface area contributed by atoms with E-state index in [0.717, 1.165) is 6.42 Å². The van der Waals surface area contributed by atoms with Gasteiger partial charge in [0.05, 0.1) is 0 Å². The van der Waals surface area contributed by atoms with Gasteiger partial charge in [0.25, 0.3) is 0 Å². The van der Waals surface area contributed by atoms with E-state index in [1.54, 1.807) is 0 Å². The Morgan fingerprint density at radius 1 is 1.43 bits per heavy atom. The number of allylic oxidation sites excluding steroid dienone is 1. The second-order valence-corrected chi connectivity index (χ2v) is 6.68. The Hall–Kier alpha value is -0.310. The minimum Gasteiger partial charge on any atom is -0.461 e. The first-order valence-corrected chi connectivity index (χ1v) is 5.84. The van der Waals surface area contributed by atoms with Gasteiger partial charge in [-0.2, -0.15) is 0 Å². The molecule has 2 aliphatic carbocycles. The van der Waals surface area contributed by atoms with Crippen LogP contribution < -0.4 is 0 Å². The molecule has 0 aromatic carbocycles. The lowest BCUT2D eigenvalue weighted by Gasteiger charge is -2.23. The van der Waals surface area contributed by atoms with E-state index >= 15 is 0 Å². The molecule has 1 saturated carbocycles. The maximum absolute atomic E-state index is 11.6. The third-order valence-electron chi connectivity index (χ3n) is 2.96. The SMILES string of the molecule is CC(C)(Br)C(=O)OC1CC2C=CC1C2. The highest BCUT2D eigenvalue weighted by Gasteiger charge is 2.40. The molecule has 0 aromatic heterocycles. The Balaban J connectivity index is 1.94. The van der Waals surface area contributed by atoms with Crippen LogP contribution >= 0.6 is 15.9 Å². The van der Waals surface area contributed by atoms with Crippen molar-refractivity contribution >= 4 is 21.9 Å². The van der Waals surface area contributed by atoms with Crippen molar-refractivity contribution in [2.45, 2.75) is 37.1 Å².